The average molecular weight is 387 g/mol. The van der Waals surface area contributed by atoms with Crippen molar-refractivity contribution in [3.05, 3.63) is 91.5 Å². The molecule has 0 radical (unpaired) electrons. The molecule has 2 aromatic heterocycles. The quantitative estimate of drug-likeness (QED) is 0.502. The number of carbonyl (C=O) groups is 1. The lowest BCUT2D eigenvalue weighted by Gasteiger charge is -2.08. The molecule has 2 heterocycles. The molecule has 0 bridgehead atoms. The maximum absolute atomic E-state index is 12.4. The second kappa shape index (κ2) is 7.39. The second-order valence-electron chi connectivity index (χ2n) is 7.37. The number of H-pyrrole nitrogens is 2. The summed E-state index contributed by atoms with van der Waals surface area (Å²) >= 11 is 0. The van der Waals surface area contributed by atoms with Gasteiger partial charge in [0.2, 0.25) is 5.91 Å². The molecule has 6 nitrogen and oxygen atoms in total. The van der Waals surface area contributed by atoms with Crippen molar-refractivity contribution in [2.75, 3.05) is 0 Å². The lowest BCUT2D eigenvalue weighted by molar-refractivity contribution is -0.120. The predicted octanol–water partition coefficient (Wildman–Crippen LogP) is 2.85. The Morgan fingerprint density at radius 1 is 0.862 bits per heavy atom. The molecule has 4 aromatic rings. The van der Waals surface area contributed by atoms with Crippen molar-refractivity contribution in [2.24, 2.45) is 0 Å². The van der Waals surface area contributed by atoms with E-state index in [-0.39, 0.29) is 30.0 Å². The van der Waals surface area contributed by atoms with Gasteiger partial charge in [-0.3, -0.25) is 14.4 Å². The number of amides is 1. The summed E-state index contributed by atoms with van der Waals surface area (Å²) in [5, 5.41) is 4.64. The van der Waals surface area contributed by atoms with E-state index < -0.39 is 0 Å². The van der Waals surface area contributed by atoms with Crippen LogP contribution in [-0.4, -0.2) is 15.9 Å². The molecular weight excluding hydrogens is 366 g/mol. The first-order chi connectivity index (χ1) is 13.9. The molecule has 0 aliphatic carbocycles. The lowest BCUT2D eigenvalue weighted by atomic mass is 10.1. The zero-order valence-electron chi connectivity index (χ0n) is 16.3. The number of benzene rings is 2. The van der Waals surface area contributed by atoms with E-state index in [9.17, 15) is 14.4 Å². The summed E-state index contributed by atoms with van der Waals surface area (Å²) in [7, 11) is 0. The summed E-state index contributed by atoms with van der Waals surface area (Å²) in [5.74, 6) is -0.172. The average Bonchev–Trinajstić information content (AvgIpc) is 2.68. The number of aromatic nitrogens is 2. The molecule has 0 saturated heterocycles. The van der Waals surface area contributed by atoms with E-state index in [1.807, 2.05) is 49.4 Å². The monoisotopic (exact) mass is 387 g/mol. The summed E-state index contributed by atoms with van der Waals surface area (Å²) in [6, 6.07) is 15.0. The van der Waals surface area contributed by atoms with Gasteiger partial charge in [0, 0.05) is 28.7 Å². The van der Waals surface area contributed by atoms with Crippen LogP contribution in [0.15, 0.2) is 58.1 Å². The van der Waals surface area contributed by atoms with Gasteiger partial charge in [-0.2, -0.15) is 0 Å². The van der Waals surface area contributed by atoms with Gasteiger partial charge in [-0.05, 0) is 66.6 Å². The molecule has 0 saturated carbocycles. The molecule has 3 N–H and O–H groups in total. The normalized spacial score (nSPS) is 11.1. The van der Waals surface area contributed by atoms with E-state index >= 15 is 0 Å². The molecule has 0 aliphatic heterocycles. The highest BCUT2D eigenvalue weighted by atomic mass is 16.2. The van der Waals surface area contributed by atoms with E-state index in [1.54, 1.807) is 13.0 Å². The molecule has 1 amide bonds. The topological polar surface area (TPSA) is 94.8 Å². The highest BCUT2D eigenvalue weighted by Crippen LogP contribution is 2.15. The number of nitrogens with one attached hydrogen (secondary N) is 3. The first-order valence-electron chi connectivity index (χ1n) is 9.41. The molecule has 6 heteroatoms. The van der Waals surface area contributed by atoms with Crippen molar-refractivity contribution in [2.45, 2.75) is 26.8 Å². The van der Waals surface area contributed by atoms with Crippen molar-refractivity contribution in [3.8, 4) is 0 Å². The number of rotatable bonds is 4. The molecule has 146 valence electrons. The summed E-state index contributed by atoms with van der Waals surface area (Å²) in [5.41, 5.74) is 4.29. The van der Waals surface area contributed by atoms with E-state index in [4.69, 9.17) is 0 Å². The highest BCUT2D eigenvalue weighted by Gasteiger charge is 2.08. The maximum Gasteiger partial charge on any atom is 0.253 e. The Hall–Kier alpha value is -3.67. The Bertz CT molecular complexity index is 1370. The van der Waals surface area contributed by atoms with Gasteiger partial charge in [0.1, 0.15) is 0 Å². The lowest BCUT2D eigenvalue weighted by Crippen LogP contribution is -2.28. The second-order valence-corrected chi connectivity index (χ2v) is 7.37. The van der Waals surface area contributed by atoms with Gasteiger partial charge < -0.3 is 15.3 Å². The Morgan fingerprint density at radius 2 is 1.55 bits per heavy atom. The summed E-state index contributed by atoms with van der Waals surface area (Å²) in [4.78, 5) is 42.0. The van der Waals surface area contributed by atoms with E-state index in [0.717, 1.165) is 32.9 Å². The zero-order chi connectivity index (χ0) is 20.5. The fourth-order valence-corrected chi connectivity index (χ4v) is 3.42. The maximum atomic E-state index is 12.4. The van der Waals surface area contributed by atoms with Gasteiger partial charge >= 0.3 is 0 Å². The molecule has 0 spiro atoms. The first-order valence-corrected chi connectivity index (χ1v) is 9.41. The molecule has 0 unspecified atom stereocenters. The first kappa shape index (κ1) is 18.7. The SMILES string of the molecule is Cc1ccc2[nH]c(=O)c(CNC(=O)Cc3ccc4[nH]c(=O)c(C)cc4c3)cc2c1. The minimum absolute atomic E-state index is 0.112. The van der Waals surface area contributed by atoms with Gasteiger partial charge in [0.15, 0.2) is 0 Å². The van der Waals surface area contributed by atoms with Crippen molar-refractivity contribution >= 4 is 27.7 Å². The van der Waals surface area contributed by atoms with Crippen LogP contribution in [0.5, 0.6) is 0 Å². The molecular formula is C23H21N3O3. The fourth-order valence-electron chi connectivity index (χ4n) is 3.42. The van der Waals surface area contributed by atoms with Crippen molar-refractivity contribution < 1.29 is 4.79 Å². The molecule has 0 aliphatic rings. The minimum atomic E-state index is -0.202. The van der Waals surface area contributed by atoms with E-state index in [1.165, 1.54) is 0 Å². The third-order valence-electron chi connectivity index (χ3n) is 5.01. The van der Waals surface area contributed by atoms with Crippen LogP contribution < -0.4 is 16.4 Å². The zero-order valence-corrected chi connectivity index (χ0v) is 16.3. The molecule has 29 heavy (non-hydrogen) atoms. The van der Waals surface area contributed by atoms with Crippen LogP contribution in [-0.2, 0) is 17.8 Å². The Labute approximate surface area is 166 Å². The largest absolute Gasteiger partial charge is 0.352 e. The van der Waals surface area contributed by atoms with E-state index in [0.29, 0.717) is 11.1 Å². The van der Waals surface area contributed by atoms with Crippen LogP contribution in [0.25, 0.3) is 21.8 Å². The van der Waals surface area contributed by atoms with Crippen molar-refractivity contribution in [1.82, 2.24) is 15.3 Å². The number of fused-ring (bicyclic) bond motifs is 2. The fraction of sp³-hybridized carbons (Fsp3) is 0.174. The molecule has 2 aromatic carbocycles. The smallest absolute Gasteiger partial charge is 0.253 e. The van der Waals surface area contributed by atoms with Gasteiger partial charge in [0.05, 0.1) is 6.42 Å². The van der Waals surface area contributed by atoms with Gasteiger partial charge in [-0.15, -0.1) is 0 Å². The number of pyridine rings is 2. The van der Waals surface area contributed by atoms with Crippen LogP contribution in [0, 0.1) is 13.8 Å². The predicted molar refractivity (Wildman–Crippen MR) is 114 cm³/mol. The molecule has 0 fully saturated rings. The minimum Gasteiger partial charge on any atom is -0.352 e. The number of aromatic amines is 2. The van der Waals surface area contributed by atoms with Crippen LogP contribution in [0.2, 0.25) is 0 Å². The van der Waals surface area contributed by atoms with Gasteiger partial charge in [-0.1, -0.05) is 17.7 Å². The standard InChI is InChI=1S/C23H21N3O3/c1-13-3-5-19-16(7-13)11-18(23(29)26-19)12-24-21(27)10-15-4-6-20-17(9-15)8-14(2)22(28)25-20/h3-9,11H,10,12H2,1-2H3,(H,24,27)(H,25,28)(H,26,29). The van der Waals surface area contributed by atoms with Crippen molar-refractivity contribution in [1.29, 1.82) is 0 Å². The Balaban J connectivity index is 1.49. The molecule has 0 atom stereocenters. The summed E-state index contributed by atoms with van der Waals surface area (Å²) < 4.78 is 0. The van der Waals surface area contributed by atoms with Gasteiger partial charge in [-0.25, -0.2) is 0 Å². The summed E-state index contributed by atoms with van der Waals surface area (Å²) in [6.45, 7) is 3.91. The number of hydrogen-bond donors (Lipinski definition) is 3. The van der Waals surface area contributed by atoms with Crippen molar-refractivity contribution in [3.63, 3.8) is 0 Å². The van der Waals surface area contributed by atoms with Crippen LogP contribution in [0.4, 0.5) is 0 Å². The third kappa shape index (κ3) is 3.96. The van der Waals surface area contributed by atoms with Crippen LogP contribution in [0.3, 0.4) is 0 Å². The summed E-state index contributed by atoms with van der Waals surface area (Å²) in [6.07, 6.45) is 0.193. The number of hydrogen-bond acceptors (Lipinski definition) is 3. The van der Waals surface area contributed by atoms with E-state index in [2.05, 4.69) is 15.3 Å². The van der Waals surface area contributed by atoms with Crippen LogP contribution >= 0.6 is 0 Å². The number of aryl methyl sites for hydroxylation is 2. The number of carbonyl (C=O) groups excluding carboxylic acids is 1. The van der Waals surface area contributed by atoms with Crippen LogP contribution in [0.1, 0.15) is 22.3 Å². The van der Waals surface area contributed by atoms with Gasteiger partial charge in [0.25, 0.3) is 11.1 Å². The third-order valence-corrected chi connectivity index (χ3v) is 5.01. The Kier molecular flexibility index (Phi) is 4.76. The Morgan fingerprint density at radius 3 is 2.34 bits per heavy atom. The molecule has 4 rings (SSSR count). The highest BCUT2D eigenvalue weighted by molar-refractivity contribution is 5.84.